The van der Waals surface area contributed by atoms with Crippen molar-refractivity contribution in [2.45, 2.75) is 38.8 Å². The fourth-order valence-corrected chi connectivity index (χ4v) is 5.68. The van der Waals surface area contributed by atoms with Crippen molar-refractivity contribution in [3.63, 3.8) is 0 Å². The minimum absolute atomic E-state index is 0.0202. The molecular formula is C29H33Cl2N3O4S. The van der Waals surface area contributed by atoms with E-state index in [0.717, 1.165) is 27.3 Å². The number of rotatable bonds is 12. The summed E-state index contributed by atoms with van der Waals surface area (Å²) in [7, 11) is -2.15. The third-order valence-electron chi connectivity index (χ3n) is 6.32. The van der Waals surface area contributed by atoms with E-state index in [1.54, 1.807) is 18.0 Å². The summed E-state index contributed by atoms with van der Waals surface area (Å²) in [6.45, 7) is 2.24. The highest BCUT2D eigenvalue weighted by atomic mass is 35.5. The van der Waals surface area contributed by atoms with Gasteiger partial charge in [-0.2, -0.15) is 0 Å². The highest BCUT2D eigenvalue weighted by molar-refractivity contribution is 7.92. The van der Waals surface area contributed by atoms with Gasteiger partial charge < -0.3 is 10.2 Å². The molecule has 0 bridgehead atoms. The summed E-state index contributed by atoms with van der Waals surface area (Å²) in [5.74, 6) is -0.534. The molecule has 1 atom stereocenters. The summed E-state index contributed by atoms with van der Waals surface area (Å²) >= 11 is 12.4. The smallest absolute Gasteiger partial charge is 0.242 e. The van der Waals surface area contributed by atoms with Gasteiger partial charge in [-0.15, -0.1) is 0 Å². The van der Waals surface area contributed by atoms with E-state index < -0.39 is 16.1 Å². The molecule has 7 nitrogen and oxygen atoms in total. The molecule has 10 heteroatoms. The van der Waals surface area contributed by atoms with Crippen molar-refractivity contribution < 1.29 is 18.0 Å². The molecule has 0 radical (unpaired) electrons. The average molecular weight is 591 g/mol. The molecule has 0 aliphatic rings. The molecule has 0 aliphatic heterocycles. The number of hydrogen-bond acceptors (Lipinski definition) is 4. The second kappa shape index (κ2) is 13.8. The topological polar surface area (TPSA) is 86.8 Å². The van der Waals surface area contributed by atoms with Gasteiger partial charge in [0.15, 0.2) is 0 Å². The first kappa shape index (κ1) is 30.5. The summed E-state index contributed by atoms with van der Waals surface area (Å²) in [4.78, 5) is 28.3. The maximum atomic E-state index is 13.7. The number of nitrogens with zero attached hydrogens (tertiary/aromatic N) is 2. The summed E-state index contributed by atoms with van der Waals surface area (Å²) in [5, 5.41) is 3.28. The van der Waals surface area contributed by atoms with E-state index in [1.807, 2.05) is 61.5 Å². The number of nitrogens with one attached hydrogen (secondary N) is 1. The zero-order valence-corrected chi connectivity index (χ0v) is 24.6. The Balaban J connectivity index is 1.86. The van der Waals surface area contributed by atoms with Crippen LogP contribution in [0.25, 0.3) is 0 Å². The molecule has 3 rings (SSSR count). The SMILES string of the molecule is CNC(=O)[C@@H](Cc1ccccc1)N(Cc1ccc(C)cc1)C(=O)CCCN(c1cc(Cl)ccc1Cl)S(C)(=O)=O. The molecule has 0 aliphatic carbocycles. The fourth-order valence-electron chi connectivity index (χ4n) is 4.27. The Morgan fingerprint density at radius 3 is 2.23 bits per heavy atom. The van der Waals surface area contributed by atoms with E-state index in [2.05, 4.69) is 5.32 Å². The van der Waals surface area contributed by atoms with Crippen LogP contribution in [0.15, 0.2) is 72.8 Å². The second-order valence-corrected chi connectivity index (χ2v) is 12.1. The lowest BCUT2D eigenvalue weighted by Crippen LogP contribution is -2.49. The van der Waals surface area contributed by atoms with Crippen LogP contribution in [0, 0.1) is 6.92 Å². The number of sulfonamides is 1. The van der Waals surface area contributed by atoms with Crippen molar-refractivity contribution in [1.82, 2.24) is 10.2 Å². The minimum Gasteiger partial charge on any atom is -0.357 e. The number of carbonyl (C=O) groups excluding carboxylic acids is 2. The molecule has 0 spiro atoms. The van der Waals surface area contributed by atoms with Crippen molar-refractivity contribution in [3.05, 3.63) is 99.5 Å². The third kappa shape index (κ3) is 8.71. The predicted octanol–water partition coefficient (Wildman–Crippen LogP) is 5.23. The molecule has 1 N–H and O–H groups in total. The third-order valence-corrected chi connectivity index (χ3v) is 8.05. The molecule has 0 saturated carbocycles. The molecule has 0 saturated heterocycles. The number of hydrogen-bond donors (Lipinski definition) is 1. The van der Waals surface area contributed by atoms with Crippen LogP contribution < -0.4 is 9.62 Å². The van der Waals surface area contributed by atoms with Crippen molar-refractivity contribution in [2.24, 2.45) is 0 Å². The molecule has 0 fully saturated rings. The number of benzene rings is 3. The largest absolute Gasteiger partial charge is 0.357 e. The highest BCUT2D eigenvalue weighted by Gasteiger charge is 2.30. The number of amides is 2. The zero-order chi connectivity index (χ0) is 28.6. The summed E-state index contributed by atoms with van der Waals surface area (Å²) < 4.78 is 26.3. The van der Waals surface area contributed by atoms with Crippen molar-refractivity contribution in [3.8, 4) is 0 Å². The van der Waals surface area contributed by atoms with Crippen LogP contribution in [0.3, 0.4) is 0 Å². The summed E-state index contributed by atoms with van der Waals surface area (Å²) in [5.41, 5.74) is 3.15. The Hall–Kier alpha value is -3.07. The molecule has 3 aromatic carbocycles. The second-order valence-electron chi connectivity index (χ2n) is 9.36. The maximum Gasteiger partial charge on any atom is 0.242 e. The van der Waals surface area contributed by atoms with Gasteiger partial charge in [-0.1, -0.05) is 83.4 Å². The van der Waals surface area contributed by atoms with Crippen molar-refractivity contribution in [1.29, 1.82) is 0 Å². The van der Waals surface area contributed by atoms with Crippen molar-refractivity contribution >= 4 is 50.7 Å². The maximum absolute atomic E-state index is 13.7. The monoisotopic (exact) mass is 589 g/mol. The molecule has 0 heterocycles. The van der Waals surface area contributed by atoms with Crippen LogP contribution in [0.5, 0.6) is 0 Å². The lowest BCUT2D eigenvalue weighted by atomic mass is 10.0. The number of likely N-dealkylation sites (N-methyl/N-ethyl adjacent to an activating group) is 1. The zero-order valence-electron chi connectivity index (χ0n) is 22.2. The van der Waals surface area contributed by atoms with Gasteiger partial charge in [0.25, 0.3) is 0 Å². The first-order valence-corrected chi connectivity index (χ1v) is 15.1. The van der Waals surface area contributed by atoms with E-state index in [4.69, 9.17) is 23.2 Å². The van der Waals surface area contributed by atoms with Crippen LogP contribution in [0.2, 0.25) is 10.0 Å². The van der Waals surface area contributed by atoms with Gasteiger partial charge in [-0.05, 0) is 42.7 Å². The highest BCUT2D eigenvalue weighted by Crippen LogP contribution is 2.31. The Morgan fingerprint density at radius 1 is 0.949 bits per heavy atom. The molecule has 208 valence electrons. The Morgan fingerprint density at radius 2 is 1.62 bits per heavy atom. The van der Waals surface area contributed by atoms with Gasteiger partial charge in [0.1, 0.15) is 6.04 Å². The van der Waals surface area contributed by atoms with Gasteiger partial charge in [0, 0.05) is 38.0 Å². The number of anilines is 1. The molecule has 3 aromatic rings. The molecule has 2 amide bonds. The fraction of sp³-hybridized carbons (Fsp3) is 0.310. The molecule has 0 unspecified atom stereocenters. The normalized spacial score (nSPS) is 12.0. The number of halogens is 2. The predicted molar refractivity (Wildman–Crippen MR) is 158 cm³/mol. The van der Waals surface area contributed by atoms with E-state index in [-0.39, 0.29) is 48.5 Å². The van der Waals surface area contributed by atoms with Gasteiger partial charge >= 0.3 is 0 Å². The first-order valence-electron chi connectivity index (χ1n) is 12.5. The van der Waals surface area contributed by atoms with Gasteiger partial charge in [0.05, 0.1) is 17.0 Å². The molecule has 0 aromatic heterocycles. The number of aryl methyl sites for hydroxylation is 1. The Labute approximate surface area is 240 Å². The Kier molecular flexibility index (Phi) is 10.8. The number of carbonyl (C=O) groups is 2. The van der Waals surface area contributed by atoms with Crippen LogP contribution in [-0.4, -0.2) is 51.0 Å². The average Bonchev–Trinajstić information content (AvgIpc) is 2.90. The van der Waals surface area contributed by atoms with Crippen LogP contribution >= 0.6 is 23.2 Å². The molecule has 39 heavy (non-hydrogen) atoms. The molecular weight excluding hydrogens is 557 g/mol. The van der Waals surface area contributed by atoms with Crippen LogP contribution in [-0.2, 0) is 32.6 Å². The lowest BCUT2D eigenvalue weighted by Gasteiger charge is -2.31. The van der Waals surface area contributed by atoms with Crippen LogP contribution in [0.4, 0.5) is 5.69 Å². The quantitative estimate of drug-likeness (QED) is 0.313. The standard InChI is InChI=1S/C29H33Cl2N3O4S/c1-21-11-13-23(14-12-21)20-33(27(29(36)32-2)18-22-8-5-4-6-9-22)28(35)10-7-17-34(39(3,37)38)26-19-24(30)15-16-25(26)31/h4-6,8-9,11-16,19,27H,7,10,17-18,20H2,1-3H3,(H,32,36)/t27-/m1/s1. The van der Waals surface area contributed by atoms with E-state index in [0.29, 0.717) is 11.4 Å². The summed E-state index contributed by atoms with van der Waals surface area (Å²) in [6.07, 6.45) is 1.66. The van der Waals surface area contributed by atoms with Gasteiger partial charge in [0.2, 0.25) is 21.8 Å². The Bertz CT molecular complexity index is 1380. The van der Waals surface area contributed by atoms with E-state index in [1.165, 1.54) is 12.1 Å². The van der Waals surface area contributed by atoms with E-state index >= 15 is 0 Å². The minimum atomic E-state index is -3.70. The van der Waals surface area contributed by atoms with Crippen molar-refractivity contribution in [2.75, 3.05) is 24.2 Å². The van der Waals surface area contributed by atoms with E-state index in [9.17, 15) is 18.0 Å². The first-order chi connectivity index (χ1) is 18.5. The lowest BCUT2D eigenvalue weighted by molar-refractivity contribution is -0.141. The van der Waals surface area contributed by atoms with Gasteiger partial charge in [-0.25, -0.2) is 8.42 Å². The van der Waals surface area contributed by atoms with Gasteiger partial charge in [-0.3, -0.25) is 13.9 Å². The van der Waals surface area contributed by atoms with Crippen LogP contribution in [0.1, 0.15) is 29.5 Å². The summed E-state index contributed by atoms with van der Waals surface area (Å²) in [6, 6.07) is 21.2.